The van der Waals surface area contributed by atoms with Crippen molar-refractivity contribution in [3.05, 3.63) is 52.6 Å². The molecule has 0 aromatic heterocycles. The van der Waals surface area contributed by atoms with Crippen LogP contribution in [0.15, 0.2) is 42.5 Å². The third-order valence-corrected chi connectivity index (χ3v) is 7.56. The van der Waals surface area contributed by atoms with Crippen LogP contribution in [0.1, 0.15) is 38.5 Å². The lowest BCUT2D eigenvalue weighted by Crippen LogP contribution is -2.51. The first-order valence-electron chi connectivity index (χ1n) is 11.0. The number of nitro groups is 1. The van der Waals surface area contributed by atoms with E-state index in [0.29, 0.717) is 34.8 Å². The molecule has 2 aromatic rings. The molecular weight excluding hydrogens is 394 g/mol. The molecule has 2 aromatic carbocycles. The minimum absolute atomic E-state index is 0.00872. The van der Waals surface area contributed by atoms with Gasteiger partial charge in [0.05, 0.1) is 12.0 Å². The van der Waals surface area contributed by atoms with Gasteiger partial charge < -0.3 is 9.47 Å². The Hall–Kier alpha value is -2.89. The fourth-order valence-electron chi connectivity index (χ4n) is 6.50. The molecule has 0 N–H and O–H groups in total. The van der Waals surface area contributed by atoms with Crippen LogP contribution in [-0.2, 0) is 4.79 Å². The summed E-state index contributed by atoms with van der Waals surface area (Å²) in [6.45, 7) is 0.0210. The molecule has 0 atom stereocenters. The Labute approximate surface area is 181 Å². The van der Waals surface area contributed by atoms with Gasteiger partial charge in [-0.15, -0.1) is 0 Å². The minimum atomic E-state index is -0.419. The van der Waals surface area contributed by atoms with Crippen molar-refractivity contribution >= 4 is 11.5 Å². The van der Waals surface area contributed by atoms with Crippen molar-refractivity contribution in [2.75, 3.05) is 13.7 Å². The molecule has 0 saturated heterocycles. The van der Waals surface area contributed by atoms with E-state index < -0.39 is 4.92 Å². The molecule has 4 saturated carbocycles. The normalized spacial score (nSPS) is 28.4. The van der Waals surface area contributed by atoms with Crippen LogP contribution in [-0.4, -0.2) is 24.4 Å². The molecule has 6 nitrogen and oxygen atoms in total. The Kier molecular flexibility index (Phi) is 4.95. The van der Waals surface area contributed by atoms with E-state index >= 15 is 0 Å². The number of hydrogen-bond acceptors (Lipinski definition) is 5. The van der Waals surface area contributed by atoms with Crippen molar-refractivity contribution in [2.24, 2.45) is 23.2 Å². The lowest BCUT2D eigenvalue weighted by atomic mass is 9.48. The maximum atomic E-state index is 13.3. The number of methoxy groups -OCH3 is 1. The number of rotatable bonds is 7. The van der Waals surface area contributed by atoms with E-state index in [9.17, 15) is 14.9 Å². The van der Waals surface area contributed by atoms with Gasteiger partial charge in [-0.3, -0.25) is 14.9 Å². The van der Waals surface area contributed by atoms with Crippen LogP contribution in [0.25, 0.3) is 11.1 Å². The molecular formula is C25H27NO5. The second-order valence-corrected chi connectivity index (χ2v) is 9.58. The molecule has 0 heterocycles. The number of ether oxygens (including phenoxy) is 2. The smallest absolute Gasteiger partial charge is 0.270 e. The zero-order valence-corrected chi connectivity index (χ0v) is 17.7. The van der Waals surface area contributed by atoms with Gasteiger partial charge in [-0.25, -0.2) is 0 Å². The molecule has 4 fully saturated rings. The average molecular weight is 421 g/mol. The predicted molar refractivity (Wildman–Crippen MR) is 116 cm³/mol. The molecule has 6 heteroatoms. The summed E-state index contributed by atoms with van der Waals surface area (Å²) in [5.74, 6) is 3.49. The van der Waals surface area contributed by atoms with Crippen molar-refractivity contribution in [1.82, 2.24) is 0 Å². The first-order chi connectivity index (χ1) is 15.0. The second-order valence-electron chi connectivity index (χ2n) is 9.58. The van der Waals surface area contributed by atoms with Crippen LogP contribution in [0, 0.1) is 33.3 Å². The fourth-order valence-corrected chi connectivity index (χ4v) is 6.50. The standard InChI is InChI=1S/C25H27NO5/c1-30-21-5-2-19(3-6-21)22-11-20(26(28)29)4-7-23(22)31-15-24(27)25-12-16-8-17(13-25)10-18(9-16)14-25/h2-7,11,16-18H,8-10,12-15H2,1H3. The number of nitrogens with zero attached hydrogens (tertiary/aromatic N) is 1. The fraction of sp³-hybridized carbons (Fsp3) is 0.480. The second kappa shape index (κ2) is 7.66. The minimum Gasteiger partial charge on any atom is -0.497 e. The number of Topliss-reactive ketones (excluding diaryl/α,β-unsaturated/α-hetero) is 1. The Bertz CT molecular complexity index is 978. The quantitative estimate of drug-likeness (QED) is 0.440. The molecule has 0 unspecified atom stereocenters. The molecule has 4 aliphatic carbocycles. The molecule has 0 spiro atoms. The van der Waals surface area contributed by atoms with Crippen LogP contribution >= 0.6 is 0 Å². The Balaban J connectivity index is 1.38. The van der Waals surface area contributed by atoms with Gasteiger partial charge in [0, 0.05) is 23.1 Å². The largest absolute Gasteiger partial charge is 0.497 e. The van der Waals surface area contributed by atoms with E-state index in [0.717, 1.165) is 24.8 Å². The molecule has 4 bridgehead atoms. The maximum Gasteiger partial charge on any atom is 0.270 e. The van der Waals surface area contributed by atoms with Gasteiger partial charge in [-0.05, 0) is 80.0 Å². The van der Waals surface area contributed by atoms with E-state index in [1.54, 1.807) is 25.3 Å². The molecule has 0 amide bonds. The zero-order chi connectivity index (χ0) is 21.6. The van der Waals surface area contributed by atoms with Crippen molar-refractivity contribution in [3.63, 3.8) is 0 Å². The van der Waals surface area contributed by atoms with E-state index in [1.807, 2.05) is 12.1 Å². The van der Waals surface area contributed by atoms with Crippen LogP contribution < -0.4 is 9.47 Å². The van der Waals surface area contributed by atoms with Crippen molar-refractivity contribution in [2.45, 2.75) is 38.5 Å². The van der Waals surface area contributed by atoms with Gasteiger partial charge >= 0.3 is 0 Å². The highest BCUT2D eigenvalue weighted by molar-refractivity contribution is 5.87. The first kappa shape index (κ1) is 20.0. The number of ketones is 1. The highest BCUT2D eigenvalue weighted by Crippen LogP contribution is 2.60. The molecule has 6 rings (SSSR count). The molecule has 0 aliphatic heterocycles. The number of benzene rings is 2. The predicted octanol–water partition coefficient (Wildman–Crippen LogP) is 5.43. The van der Waals surface area contributed by atoms with Crippen molar-refractivity contribution in [3.8, 4) is 22.6 Å². The Morgan fingerprint density at radius 1 is 1.03 bits per heavy atom. The zero-order valence-electron chi connectivity index (χ0n) is 17.7. The van der Waals surface area contributed by atoms with Crippen LogP contribution in [0.3, 0.4) is 0 Å². The van der Waals surface area contributed by atoms with Crippen LogP contribution in [0.2, 0.25) is 0 Å². The van der Waals surface area contributed by atoms with Crippen LogP contribution in [0.4, 0.5) is 5.69 Å². The molecule has 4 aliphatic rings. The maximum absolute atomic E-state index is 13.3. The summed E-state index contributed by atoms with van der Waals surface area (Å²) in [5, 5.41) is 11.3. The lowest BCUT2D eigenvalue weighted by Gasteiger charge is -2.55. The third kappa shape index (κ3) is 3.68. The summed E-state index contributed by atoms with van der Waals surface area (Å²) in [5.41, 5.74) is 1.16. The van der Waals surface area contributed by atoms with Crippen LogP contribution in [0.5, 0.6) is 11.5 Å². The first-order valence-corrected chi connectivity index (χ1v) is 11.0. The van der Waals surface area contributed by atoms with Crippen molar-refractivity contribution < 1.29 is 19.2 Å². The summed E-state index contributed by atoms with van der Waals surface area (Å²) < 4.78 is 11.2. The van der Waals surface area contributed by atoms with Crippen molar-refractivity contribution in [1.29, 1.82) is 0 Å². The summed E-state index contributed by atoms with van der Waals surface area (Å²) in [6.07, 6.45) is 6.89. The molecule has 162 valence electrons. The highest BCUT2D eigenvalue weighted by atomic mass is 16.6. The van der Waals surface area contributed by atoms with Gasteiger partial charge in [0.25, 0.3) is 5.69 Å². The SMILES string of the molecule is COc1ccc(-c2cc([N+](=O)[O-])ccc2OCC(=O)C23CC4CC(CC(C4)C2)C3)cc1. The summed E-state index contributed by atoms with van der Waals surface area (Å²) in [6, 6.07) is 11.8. The third-order valence-electron chi connectivity index (χ3n) is 7.56. The molecule has 0 radical (unpaired) electrons. The molecule has 31 heavy (non-hydrogen) atoms. The van der Waals surface area contributed by atoms with Gasteiger partial charge in [0.1, 0.15) is 18.1 Å². The Morgan fingerprint density at radius 3 is 2.19 bits per heavy atom. The number of carbonyl (C=O) groups is 1. The summed E-state index contributed by atoms with van der Waals surface area (Å²) in [4.78, 5) is 24.2. The van der Waals surface area contributed by atoms with E-state index in [4.69, 9.17) is 9.47 Å². The van der Waals surface area contributed by atoms with Gasteiger partial charge in [0.15, 0.2) is 5.78 Å². The Morgan fingerprint density at radius 2 is 1.65 bits per heavy atom. The monoisotopic (exact) mass is 421 g/mol. The average Bonchev–Trinajstić information content (AvgIpc) is 2.76. The van der Waals surface area contributed by atoms with Gasteiger partial charge in [-0.2, -0.15) is 0 Å². The highest BCUT2D eigenvalue weighted by Gasteiger charge is 2.54. The number of non-ortho nitro benzene ring substituents is 1. The summed E-state index contributed by atoms with van der Waals surface area (Å²) >= 11 is 0. The number of carbonyl (C=O) groups excluding carboxylic acids is 1. The number of hydrogen-bond donors (Lipinski definition) is 0. The number of nitro benzene ring substituents is 1. The van der Waals surface area contributed by atoms with Gasteiger partial charge in [0.2, 0.25) is 0 Å². The van der Waals surface area contributed by atoms with E-state index in [1.165, 1.54) is 31.4 Å². The lowest BCUT2D eigenvalue weighted by molar-refractivity contribution is -0.384. The summed E-state index contributed by atoms with van der Waals surface area (Å²) in [7, 11) is 1.59. The van der Waals surface area contributed by atoms with E-state index in [-0.39, 0.29) is 23.5 Å². The van der Waals surface area contributed by atoms with Gasteiger partial charge in [-0.1, -0.05) is 12.1 Å². The topological polar surface area (TPSA) is 78.7 Å². The van der Waals surface area contributed by atoms with E-state index in [2.05, 4.69) is 0 Å².